The minimum absolute atomic E-state index is 0.0287. The molecule has 0 aromatic rings. The Labute approximate surface area is 229 Å². The molecule has 218 valence electrons. The molecule has 3 fully saturated rings. The van der Waals surface area contributed by atoms with Crippen molar-refractivity contribution in [3.8, 4) is 0 Å². The van der Waals surface area contributed by atoms with E-state index in [1.165, 1.54) is 4.31 Å². The fourth-order valence-electron chi connectivity index (χ4n) is 6.50. The van der Waals surface area contributed by atoms with E-state index in [9.17, 15) is 27.6 Å². The smallest absolute Gasteiger partial charge is 0.405 e. The van der Waals surface area contributed by atoms with Crippen molar-refractivity contribution in [2.45, 2.75) is 107 Å². The van der Waals surface area contributed by atoms with Crippen molar-refractivity contribution in [1.82, 2.24) is 14.5 Å². The molecule has 5 unspecified atom stereocenters. The van der Waals surface area contributed by atoms with Gasteiger partial charge in [-0.25, -0.2) is 13.2 Å². The zero-order valence-electron chi connectivity index (χ0n) is 22.6. The van der Waals surface area contributed by atoms with E-state index in [4.69, 9.17) is 16.2 Å². The Balaban J connectivity index is 1.75. The zero-order chi connectivity index (χ0) is 28.4. The third kappa shape index (κ3) is 5.27. The number of allylic oxidation sites excluding steroid dienone is 1. The summed E-state index contributed by atoms with van der Waals surface area (Å²) in [4.78, 5) is 51.7. The largest absolute Gasteiger partial charge is 0.436 e. The van der Waals surface area contributed by atoms with Gasteiger partial charge in [0.15, 0.2) is 11.0 Å². The fourth-order valence-corrected chi connectivity index (χ4v) is 9.00. The molecule has 0 aromatic heterocycles. The van der Waals surface area contributed by atoms with Crippen LogP contribution in [0.5, 0.6) is 0 Å². The molecule has 4 rings (SSSR count). The fraction of sp³-hybridized carbons (Fsp3) is 0.769. The normalized spacial score (nSPS) is 34.7. The third-order valence-corrected chi connectivity index (χ3v) is 11.4. The summed E-state index contributed by atoms with van der Waals surface area (Å²) in [6.45, 7) is 2.34. The number of amides is 4. The summed E-state index contributed by atoms with van der Waals surface area (Å²) in [5.74, 6) is -3.19. The van der Waals surface area contributed by atoms with Gasteiger partial charge in [0.25, 0.3) is 17.7 Å². The number of rotatable bonds is 5. The molecular formula is C26H41N5O7S. The molecule has 3 heterocycles. The number of hydrogen-bond acceptors (Lipinski definition) is 7. The Hall–Kier alpha value is -2.67. The second-order valence-electron chi connectivity index (χ2n) is 11.1. The summed E-state index contributed by atoms with van der Waals surface area (Å²) < 4.78 is 35.1. The van der Waals surface area contributed by atoms with Gasteiger partial charge in [0.1, 0.15) is 0 Å². The molecule has 39 heavy (non-hydrogen) atoms. The average Bonchev–Trinajstić information content (AvgIpc) is 3.40. The molecule has 1 saturated carbocycles. The van der Waals surface area contributed by atoms with E-state index in [-0.39, 0.29) is 31.8 Å². The van der Waals surface area contributed by atoms with E-state index in [0.29, 0.717) is 32.2 Å². The standard InChI is InChI=1S/C26H41N5O7S/c1-2-19-12-8-9-16-31(19)39(36,37)26-17-18(26)11-6-4-3-5-7-13-20(38-24(28)35)21(32)30-15-10-14-25(30,22(27)33)23(34)29-26/h6,11,18-20H,2-5,7-10,12-17H2,1H3,(H2,27,33)(H2,28,35)(H,29,34). The zero-order valence-corrected chi connectivity index (χ0v) is 23.4. The molecule has 0 radical (unpaired) electrons. The van der Waals surface area contributed by atoms with Crippen LogP contribution >= 0.6 is 0 Å². The van der Waals surface area contributed by atoms with Crippen LogP contribution in [0.2, 0.25) is 0 Å². The number of ether oxygens (including phenoxy) is 1. The Morgan fingerprint density at radius 2 is 1.82 bits per heavy atom. The maximum absolute atomic E-state index is 14.2. The summed E-state index contributed by atoms with van der Waals surface area (Å²) in [6.07, 6.45) is 7.73. The Kier molecular flexibility index (Phi) is 8.60. The van der Waals surface area contributed by atoms with Gasteiger partial charge in [-0.3, -0.25) is 14.4 Å². The van der Waals surface area contributed by atoms with Gasteiger partial charge in [-0.2, -0.15) is 4.31 Å². The quantitative estimate of drug-likeness (QED) is 0.330. The van der Waals surface area contributed by atoms with E-state index in [1.807, 2.05) is 19.1 Å². The number of carbonyl (C=O) groups excluding carboxylic acids is 4. The van der Waals surface area contributed by atoms with Crippen LogP contribution in [-0.4, -0.2) is 77.1 Å². The Morgan fingerprint density at radius 1 is 1.08 bits per heavy atom. The number of fused-ring (bicyclic) bond motifs is 2. The van der Waals surface area contributed by atoms with E-state index in [0.717, 1.165) is 37.0 Å². The second-order valence-corrected chi connectivity index (χ2v) is 13.3. The number of piperidine rings is 1. The van der Waals surface area contributed by atoms with Gasteiger partial charge in [-0.05, 0) is 64.2 Å². The highest BCUT2D eigenvalue weighted by Crippen LogP contribution is 2.52. The molecule has 0 bridgehead atoms. The van der Waals surface area contributed by atoms with Gasteiger partial charge in [0, 0.05) is 25.0 Å². The molecule has 12 nitrogen and oxygen atoms in total. The van der Waals surface area contributed by atoms with Crippen molar-refractivity contribution in [1.29, 1.82) is 0 Å². The first-order valence-electron chi connectivity index (χ1n) is 14.1. The van der Waals surface area contributed by atoms with Crippen LogP contribution in [0.4, 0.5) is 4.79 Å². The summed E-state index contributed by atoms with van der Waals surface area (Å²) in [5.41, 5.74) is 8.92. The molecule has 3 aliphatic heterocycles. The van der Waals surface area contributed by atoms with E-state index < -0.39 is 56.3 Å². The number of hydrogen-bond donors (Lipinski definition) is 3. The number of sulfonamides is 1. The summed E-state index contributed by atoms with van der Waals surface area (Å²) >= 11 is 0. The maximum Gasteiger partial charge on any atom is 0.405 e. The van der Waals surface area contributed by atoms with Crippen molar-refractivity contribution in [3.63, 3.8) is 0 Å². The first kappa shape index (κ1) is 29.3. The summed E-state index contributed by atoms with van der Waals surface area (Å²) in [6, 6.07) is -0.168. The lowest BCUT2D eigenvalue weighted by atomic mass is 9.92. The first-order chi connectivity index (χ1) is 18.5. The van der Waals surface area contributed by atoms with Crippen molar-refractivity contribution < 1.29 is 32.3 Å². The van der Waals surface area contributed by atoms with Crippen LogP contribution in [0.25, 0.3) is 0 Å². The first-order valence-corrected chi connectivity index (χ1v) is 15.5. The molecule has 5 N–H and O–H groups in total. The van der Waals surface area contributed by atoms with Crippen LogP contribution in [0.3, 0.4) is 0 Å². The van der Waals surface area contributed by atoms with E-state index in [1.54, 1.807) is 0 Å². The summed E-state index contributed by atoms with van der Waals surface area (Å²) in [5, 5.41) is 2.74. The van der Waals surface area contributed by atoms with Crippen LogP contribution in [0.15, 0.2) is 12.2 Å². The number of primary amides is 2. The number of nitrogens with zero attached hydrogens (tertiary/aromatic N) is 2. The van der Waals surface area contributed by atoms with Crippen LogP contribution in [0, 0.1) is 5.92 Å². The van der Waals surface area contributed by atoms with Gasteiger partial charge in [-0.1, -0.05) is 31.9 Å². The highest BCUT2D eigenvalue weighted by atomic mass is 32.2. The monoisotopic (exact) mass is 567 g/mol. The van der Waals surface area contributed by atoms with Crippen LogP contribution < -0.4 is 16.8 Å². The predicted octanol–water partition coefficient (Wildman–Crippen LogP) is 1.24. The molecular weight excluding hydrogens is 526 g/mol. The van der Waals surface area contributed by atoms with Gasteiger partial charge in [-0.15, -0.1) is 0 Å². The minimum Gasteiger partial charge on any atom is -0.436 e. The highest BCUT2D eigenvalue weighted by molar-refractivity contribution is 7.90. The maximum atomic E-state index is 14.2. The summed E-state index contributed by atoms with van der Waals surface area (Å²) in [7, 11) is -4.03. The van der Waals surface area contributed by atoms with Crippen molar-refractivity contribution >= 4 is 33.8 Å². The van der Waals surface area contributed by atoms with Crippen LogP contribution in [0.1, 0.15) is 84.0 Å². The number of nitrogens with one attached hydrogen (secondary N) is 1. The molecule has 1 aliphatic carbocycles. The van der Waals surface area contributed by atoms with Crippen LogP contribution in [-0.2, 0) is 29.1 Å². The minimum atomic E-state index is -4.03. The average molecular weight is 568 g/mol. The van der Waals surface area contributed by atoms with Gasteiger partial charge in [0.2, 0.25) is 15.6 Å². The molecule has 0 aromatic carbocycles. The highest BCUT2D eigenvalue weighted by Gasteiger charge is 2.68. The number of carbonyl (C=O) groups is 4. The number of nitrogens with two attached hydrogens (primary N) is 2. The molecule has 4 aliphatic rings. The molecule has 5 atom stereocenters. The lowest BCUT2D eigenvalue weighted by Crippen LogP contribution is -2.68. The van der Waals surface area contributed by atoms with Crippen molar-refractivity contribution in [2.75, 3.05) is 13.1 Å². The van der Waals surface area contributed by atoms with Gasteiger partial charge in [0.05, 0.1) is 0 Å². The Bertz CT molecular complexity index is 1130. The Morgan fingerprint density at radius 3 is 2.51 bits per heavy atom. The van der Waals surface area contributed by atoms with Crippen molar-refractivity contribution in [3.05, 3.63) is 12.2 Å². The molecule has 2 saturated heterocycles. The molecule has 4 amide bonds. The van der Waals surface area contributed by atoms with Crippen molar-refractivity contribution in [2.24, 2.45) is 17.4 Å². The molecule has 13 heteroatoms. The van der Waals surface area contributed by atoms with Gasteiger partial charge >= 0.3 is 6.09 Å². The molecule has 0 spiro atoms. The van der Waals surface area contributed by atoms with Gasteiger partial charge < -0.3 is 26.4 Å². The predicted molar refractivity (Wildman–Crippen MR) is 142 cm³/mol. The second kappa shape index (κ2) is 11.4. The lowest BCUT2D eigenvalue weighted by molar-refractivity contribution is -0.157. The third-order valence-electron chi connectivity index (χ3n) is 8.77. The topological polar surface area (TPSA) is 182 Å². The van der Waals surface area contributed by atoms with E-state index in [2.05, 4.69) is 5.32 Å². The SMILES string of the molecule is CCC1CCCCN1S(=O)(=O)C12CC1C=CCCCCCC(OC(N)=O)C(=O)N1CCCC1(C(N)=O)C(=O)N2. The van der Waals surface area contributed by atoms with E-state index >= 15 is 0 Å². The lowest BCUT2D eigenvalue weighted by Gasteiger charge is -2.40.